The molecule has 5 rings (SSSR count). The first-order valence-corrected chi connectivity index (χ1v) is 36.0. The summed E-state index contributed by atoms with van der Waals surface area (Å²) in [5.41, 5.74) is 13.4. The minimum absolute atomic E-state index is 0.00205. The highest BCUT2D eigenvalue weighted by Gasteiger charge is 2.28. The fraction of sp³-hybridized carbons (Fsp3) is 0.809. The molecule has 4 amide bonds. The maximum atomic E-state index is 13.4. The molecule has 0 aliphatic carbocycles. The Hall–Kier alpha value is -6.07. The first-order chi connectivity index (χ1) is 45.5. The van der Waals surface area contributed by atoms with E-state index in [1.165, 1.54) is 0 Å². The van der Waals surface area contributed by atoms with E-state index in [4.69, 9.17) is 47.1 Å². The number of nitrogens with one attached hydrogen (secondary N) is 3. The first-order valence-electron chi connectivity index (χ1n) is 36.0. The van der Waals surface area contributed by atoms with E-state index in [0.29, 0.717) is 173 Å². The smallest absolute Gasteiger partial charge is 0.244 e. The van der Waals surface area contributed by atoms with Crippen LogP contribution in [0, 0.1) is 24.2 Å². The number of piperazine rings is 2. The molecule has 0 unspecified atom stereocenters. The SMILES string of the molecule is C#CCOCCOCCOCCNc1nc(N2CCN(C(=O)CCCCCCCCCCNC(=O)[C@@H](CCCCN)n3cc(C[C@@H](C)CC)nn3)CC2)nc(N2CCN(C(=O)CCCCCCCCCCNC(=O)[C@H](CCCCN)n3cc(C[C@@H](C)CC)nn3)CC2)n1. The maximum absolute atomic E-state index is 13.4. The van der Waals surface area contributed by atoms with Crippen molar-refractivity contribution in [3.8, 4) is 12.3 Å². The molecule has 7 N–H and O–H groups in total. The molecule has 93 heavy (non-hydrogen) atoms. The van der Waals surface area contributed by atoms with Gasteiger partial charge in [0.2, 0.25) is 41.5 Å². The van der Waals surface area contributed by atoms with Crippen molar-refractivity contribution < 1.29 is 33.4 Å². The summed E-state index contributed by atoms with van der Waals surface area (Å²) in [5.74, 6) is 5.45. The highest BCUT2D eigenvalue weighted by atomic mass is 16.5. The van der Waals surface area contributed by atoms with Gasteiger partial charge in [0.15, 0.2) is 0 Å². The van der Waals surface area contributed by atoms with Gasteiger partial charge >= 0.3 is 0 Å². The first kappa shape index (κ1) is 77.6. The predicted octanol–water partition coefficient (Wildman–Crippen LogP) is 7.62. The van der Waals surface area contributed by atoms with E-state index in [-0.39, 0.29) is 42.3 Å². The van der Waals surface area contributed by atoms with Crippen LogP contribution in [-0.4, -0.2) is 203 Å². The van der Waals surface area contributed by atoms with Gasteiger partial charge in [0.1, 0.15) is 18.7 Å². The number of nitrogens with zero attached hydrogens (tertiary/aromatic N) is 13. The molecule has 0 bridgehead atoms. The lowest BCUT2D eigenvalue weighted by molar-refractivity contribution is -0.132. The molecule has 25 heteroatoms. The third kappa shape index (κ3) is 31.4. The average molecular weight is 1300 g/mol. The molecule has 25 nitrogen and oxygen atoms in total. The lowest BCUT2D eigenvalue weighted by atomic mass is 10.0. The summed E-state index contributed by atoms with van der Waals surface area (Å²) in [5, 5.41) is 27.1. The zero-order chi connectivity index (χ0) is 66.5. The molecule has 2 saturated heterocycles. The Kier molecular flexibility index (Phi) is 39.9. The zero-order valence-corrected chi connectivity index (χ0v) is 57.6. The maximum Gasteiger partial charge on any atom is 0.244 e. The standard InChI is InChI=1S/C68H120N18O7/c1-6-46-91-48-50-93-51-49-92-47-37-73-66-74-67(83-42-38-81(39-43-83)62(87)31-21-17-13-9-11-15-19-27-35-71-64(89)60(29-23-25-33-69)85-54-58(77-79-85)52-56(4)7-2)76-68(75-66)84-44-40-82(41-45-84)63(88)32-22-18-14-10-12-16-20-28-36-72-65(90)61(30-24-26-34-70)86-55-59(78-80-86)53-57(5)8-3/h1,54-57,60-61H,7-53,69-70H2,2-5H3,(H,71,89)(H,72,90)(H,73,74,75,76)/t56-,57-,60-,61+/m0/s1. The average Bonchev–Trinajstić information content (AvgIpc) is 1.48. The quantitative estimate of drug-likeness (QED) is 0.0268. The van der Waals surface area contributed by atoms with Gasteiger partial charge in [0.05, 0.1) is 44.4 Å². The van der Waals surface area contributed by atoms with E-state index in [9.17, 15) is 19.2 Å². The van der Waals surface area contributed by atoms with Crippen molar-refractivity contribution in [3.05, 3.63) is 23.8 Å². The van der Waals surface area contributed by atoms with Crippen LogP contribution < -0.4 is 37.2 Å². The molecular weight excluding hydrogens is 1180 g/mol. The van der Waals surface area contributed by atoms with E-state index in [1.54, 1.807) is 9.36 Å². The highest BCUT2D eigenvalue weighted by Crippen LogP contribution is 2.23. The fourth-order valence-corrected chi connectivity index (χ4v) is 11.6. The van der Waals surface area contributed by atoms with Crippen LogP contribution in [-0.2, 0) is 46.2 Å². The lowest BCUT2D eigenvalue weighted by Crippen LogP contribution is -2.50. The van der Waals surface area contributed by atoms with E-state index >= 15 is 0 Å². The van der Waals surface area contributed by atoms with E-state index in [2.05, 4.69) is 80.0 Å². The molecule has 3 aromatic rings. The Bertz CT molecular complexity index is 2380. The van der Waals surface area contributed by atoms with E-state index < -0.39 is 0 Å². The Balaban J connectivity index is 0.959. The summed E-state index contributed by atoms with van der Waals surface area (Å²) in [6, 6.07) is -0.738. The summed E-state index contributed by atoms with van der Waals surface area (Å²) >= 11 is 0. The van der Waals surface area contributed by atoms with Crippen LogP contribution >= 0.6 is 0 Å². The number of aromatic nitrogens is 9. The normalized spacial score (nSPS) is 14.8. The monoisotopic (exact) mass is 1300 g/mol. The summed E-state index contributed by atoms with van der Waals surface area (Å²) in [4.78, 5) is 76.3. The Morgan fingerprint density at radius 2 is 0.914 bits per heavy atom. The van der Waals surface area contributed by atoms with Crippen molar-refractivity contribution in [2.24, 2.45) is 23.3 Å². The van der Waals surface area contributed by atoms with Gasteiger partial charge in [-0.15, -0.1) is 16.6 Å². The third-order valence-corrected chi connectivity index (χ3v) is 17.9. The molecule has 2 fully saturated rings. The van der Waals surface area contributed by atoms with Gasteiger partial charge < -0.3 is 61.2 Å². The molecule has 0 saturated carbocycles. The van der Waals surface area contributed by atoms with Gasteiger partial charge in [0, 0.05) is 97.2 Å². The van der Waals surface area contributed by atoms with Crippen LogP contribution in [0.3, 0.4) is 0 Å². The van der Waals surface area contributed by atoms with Crippen molar-refractivity contribution in [2.75, 3.05) is 140 Å². The van der Waals surface area contributed by atoms with E-state index in [1.807, 2.05) is 22.2 Å². The van der Waals surface area contributed by atoms with Gasteiger partial charge in [-0.3, -0.25) is 19.2 Å². The molecule has 3 aromatic heterocycles. The number of carbonyl (C=O) groups excluding carboxylic acids is 4. The third-order valence-electron chi connectivity index (χ3n) is 17.9. The number of rotatable bonds is 53. The topological polar surface area (TPSA) is 297 Å². The Morgan fingerprint density at radius 3 is 1.32 bits per heavy atom. The lowest BCUT2D eigenvalue weighted by Gasteiger charge is -2.36. The van der Waals surface area contributed by atoms with Gasteiger partial charge in [0.25, 0.3) is 0 Å². The second kappa shape index (κ2) is 47.8. The molecule has 2 aliphatic heterocycles. The Morgan fingerprint density at radius 1 is 0.516 bits per heavy atom. The van der Waals surface area contributed by atoms with Gasteiger partial charge in [-0.05, 0) is 102 Å². The number of amides is 4. The minimum atomic E-state index is -0.369. The number of anilines is 3. The number of nitrogens with two attached hydrogens (primary N) is 2. The number of terminal acetylenes is 1. The van der Waals surface area contributed by atoms with Gasteiger partial charge in [-0.25, -0.2) is 9.36 Å². The number of carbonyl (C=O) groups is 4. The predicted molar refractivity (Wildman–Crippen MR) is 367 cm³/mol. The Labute approximate surface area is 556 Å². The molecule has 0 aromatic carbocycles. The molecule has 0 radical (unpaired) electrons. The summed E-state index contributed by atoms with van der Waals surface area (Å²) < 4.78 is 20.1. The molecular formula is C68H120N18O7. The van der Waals surface area contributed by atoms with Crippen LogP contribution in [0.25, 0.3) is 0 Å². The number of hydrogen-bond donors (Lipinski definition) is 5. The summed E-state index contributed by atoms with van der Waals surface area (Å²) in [7, 11) is 0. The van der Waals surface area contributed by atoms with Gasteiger partial charge in [-0.2, -0.15) is 15.0 Å². The second-order valence-electron chi connectivity index (χ2n) is 25.6. The molecule has 0 spiro atoms. The van der Waals surface area contributed by atoms with Crippen LogP contribution in [0.4, 0.5) is 17.8 Å². The fourth-order valence-electron chi connectivity index (χ4n) is 11.6. The summed E-state index contributed by atoms with van der Waals surface area (Å²) in [6.07, 6.45) is 35.8. The highest BCUT2D eigenvalue weighted by molar-refractivity contribution is 5.80. The van der Waals surface area contributed by atoms with Gasteiger partial charge in [-0.1, -0.05) is 134 Å². The molecule has 4 atom stereocenters. The van der Waals surface area contributed by atoms with Crippen molar-refractivity contribution in [1.82, 2.24) is 65.4 Å². The number of unbranched alkanes of at least 4 members (excludes halogenated alkanes) is 16. The zero-order valence-electron chi connectivity index (χ0n) is 57.6. The largest absolute Gasteiger partial charge is 0.377 e. The van der Waals surface area contributed by atoms with Crippen molar-refractivity contribution in [1.29, 1.82) is 0 Å². The van der Waals surface area contributed by atoms with Crippen molar-refractivity contribution >= 4 is 41.5 Å². The van der Waals surface area contributed by atoms with Crippen LogP contribution in [0.5, 0.6) is 0 Å². The summed E-state index contributed by atoms with van der Waals surface area (Å²) in [6.45, 7) is 19.0. The molecule has 5 heterocycles. The molecule has 524 valence electrons. The van der Waals surface area contributed by atoms with Crippen molar-refractivity contribution in [3.63, 3.8) is 0 Å². The van der Waals surface area contributed by atoms with Crippen LogP contribution in [0.15, 0.2) is 12.4 Å². The second-order valence-corrected chi connectivity index (χ2v) is 25.6. The van der Waals surface area contributed by atoms with Crippen molar-refractivity contribution in [2.45, 2.75) is 220 Å². The molecule has 2 aliphatic rings. The van der Waals surface area contributed by atoms with E-state index in [0.717, 1.165) is 165 Å². The number of ether oxygens (including phenoxy) is 3. The van der Waals surface area contributed by atoms with Crippen LogP contribution in [0.1, 0.15) is 218 Å². The minimum Gasteiger partial charge on any atom is -0.377 e. The number of hydrogen-bond acceptors (Lipinski definition) is 19. The van der Waals surface area contributed by atoms with Crippen LogP contribution in [0.2, 0.25) is 0 Å².